The fourth-order valence-corrected chi connectivity index (χ4v) is 7.42. The number of aryl methyl sites for hydroxylation is 1. The summed E-state index contributed by atoms with van der Waals surface area (Å²) in [6, 6.07) is 3.70. The highest BCUT2D eigenvalue weighted by atomic mass is 19.2. The molecule has 1 aromatic carbocycles. The molecule has 0 amide bonds. The Morgan fingerprint density at radius 1 is 0.758 bits per heavy atom. The first-order valence-electron chi connectivity index (χ1n) is 14.2. The van der Waals surface area contributed by atoms with Crippen molar-refractivity contribution < 1.29 is 8.78 Å². The van der Waals surface area contributed by atoms with Crippen molar-refractivity contribution in [2.45, 2.75) is 116 Å². The second-order valence-electron chi connectivity index (χ2n) is 11.7. The Bertz CT molecular complexity index is 744. The Morgan fingerprint density at radius 2 is 1.30 bits per heavy atom. The highest BCUT2D eigenvalue weighted by Gasteiger charge is 2.31. The largest absolute Gasteiger partial charge is 0.203 e. The third kappa shape index (κ3) is 6.29. The van der Waals surface area contributed by atoms with Gasteiger partial charge in [-0.05, 0) is 117 Å². The SMILES string of the molecule is C=CC1CCC(C2CCC(CCC3CCC(c4ccc(CCC)c(F)c4F)CC3)CC2)CC1. The van der Waals surface area contributed by atoms with Gasteiger partial charge in [0.05, 0.1) is 0 Å². The molecule has 3 saturated carbocycles. The minimum absolute atomic E-state index is 0.207. The van der Waals surface area contributed by atoms with Crippen molar-refractivity contribution in [3.63, 3.8) is 0 Å². The molecule has 0 aromatic heterocycles. The molecular weight excluding hydrogens is 410 g/mol. The molecule has 0 bridgehead atoms. The van der Waals surface area contributed by atoms with Gasteiger partial charge < -0.3 is 0 Å². The van der Waals surface area contributed by atoms with Gasteiger partial charge in [0.2, 0.25) is 0 Å². The van der Waals surface area contributed by atoms with Crippen molar-refractivity contribution in [1.82, 2.24) is 0 Å². The number of halogens is 2. The standard InChI is InChI=1S/C31H46F2/c1-3-5-28-20-21-29(31(33)30(28)32)27-18-12-24(13-19-27)7-6-23-10-16-26(17-11-23)25-14-8-22(4-2)9-15-25/h4,20-27H,2-3,5-19H2,1H3. The van der Waals surface area contributed by atoms with E-state index in [1.165, 1.54) is 77.0 Å². The van der Waals surface area contributed by atoms with E-state index in [0.717, 1.165) is 48.9 Å². The van der Waals surface area contributed by atoms with Gasteiger partial charge >= 0.3 is 0 Å². The van der Waals surface area contributed by atoms with Crippen LogP contribution in [0.15, 0.2) is 24.8 Å². The highest BCUT2D eigenvalue weighted by molar-refractivity contribution is 5.29. The monoisotopic (exact) mass is 456 g/mol. The Morgan fingerprint density at radius 3 is 1.85 bits per heavy atom. The van der Waals surface area contributed by atoms with Gasteiger partial charge in [0.25, 0.3) is 0 Å². The fraction of sp³-hybridized carbons (Fsp3) is 0.742. The summed E-state index contributed by atoms with van der Waals surface area (Å²) < 4.78 is 29.1. The van der Waals surface area contributed by atoms with Gasteiger partial charge in [0.1, 0.15) is 0 Å². The van der Waals surface area contributed by atoms with E-state index in [4.69, 9.17) is 0 Å². The molecule has 0 N–H and O–H groups in total. The molecule has 0 radical (unpaired) electrons. The summed E-state index contributed by atoms with van der Waals surface area (Å²) >= 11 is 0. The fourth-order valence-electron chi connectivity index (χ4n) is 7.42. The second-order valence-corrected chi connectivity index (χ2v) is 11.7. The summed E-state index contributed by atoms with van der Waals surface area (Å²) in [7, 11) is 0. The summed E-state index contributed by atoms with van der Waals surface area (Å²) in [4.78, 5) is 0. The van der Waals surface area contributed by atoms with Crippen LogP contribution in [-0.2, 0) is 6.42 Å². The number of allylic oxidation sites excluding steroid dienone is 1. The first-order chi connectivity index (χ1) is 16.1. The van der Waals surface area contributed by atoms with Gasteiger partial charge in [-0.2, -0.15) is 0 Å². The third-order valence-corrected chi connectivity index (χ3v) is 9.69. The highest BCUT2D eigenvalue weighted by Crippen LogP contribution is 2.44. The average Bonchev–Trinajstić information content (AvgIpc) is 2.87. The summed E-state index contributed by atoms with van der Waals surface area (Å²) in [5.41, 5.74) is 1.16. The molecule has 0 nitrogen and oxygen atoms in total. The normalized spacial score (nSPS) is 33.1. The van der Waals surface area contributed by atoms with Crippen LogP contribution in [-0.4, -0.2) is 0 Å². The topological polar surface area (TPSA) is 0 Å². The number of hydrogen-bond acceptors (Lipinski definition) is 0. The summed E-state index contributed by atoms with van der Waals surface area (Å²) in [5.74, 6) is 3.52. The van der Waals surface area contributed by atoms with Gasteiger partial charge in [0.15, 0.2) is 11.6 Å². The molecule has 1 aromatic rings. The summed E-state index contributed by atoms with van der Waals surface area (Å²) in [5, 5.41) is 0. The maximum Gasteiger partial charge on any atom is 0.162 e. The van der Waals surface area contributed by atoms with E-state index in [-0.39, 0.29) is 5.92 Å². The van der Waals surface area contributed by atoms with Gasteiger partial charge in [-0.15, -0.1) is 6.58 Å². The maximum atomic E-state index is 14.7. The predicted molar refractivity (Wildman–Crippen MR) is 135 cm³/mol. The van der Waals surface area contributed by atoms with Crippen molar-refractivity contribution in [2.75, 3.05) is 0 Å². The lowest BCUT2D eigenvalue weighted by Gasteiger charge is -2.38. The Labute approximate surface area is 201 Å². The summed E-state index contributed by atoms with van der Waals surface area (Å²) in [6.07, 6.45) is 22.2. The minimum atomic E-state index is -0.596. The molecule has 3 fully saturated rings. The number of hydrogen-bond donors (Lipinski definition) is 0. The van der Waals surface area contributed by atoms with Crippen LogP contribution in [0.25, 0.3) is 0 Å². The molecule has 2 heteroatoms. The molecule has 0 heterocycles. The van der Waals surface area contributed by atoms with Crippen molar-refractivity contribution in [3.05, 3.63) is 47.5 Å². The first kappa shape index (κ1) is 24.9. The van der Waals surface area contributed by atoms with E-state index in [2.05, 4.69) is 12.7 Å². The molecule has 0 saturated heterocycles. The van der Waals surface area contributed by atoms with Crippen LogP contribution in [0.1, 0.15) is 120 Å². The van der Waals surface area contributed by atoms with Crippen molar-refractivity contribution >= 4 is 0 Å². The molecular formula is C31H46F2. The van der Waals surface area contributed by atoms with Crippen LogP contribution in [0.2, 0.25) is 0 Å². The van der Waals surface area contributed by atoms with Crippen LogP contribution in [0.4, 0.5) is 8.78 Å². The molecule has 33 heavy (non-hydrogen) atoms. The molecule has 0 spiro atoms. The molecule has 3 aliphatic carbocycles. The van der Waals surface area contributed by atoms with Crippen molar-refractivity contribution in [2.24, 2.45) is 29.6 Å². The van der Waals surface area contributed by atoms with Crippen LogP contribution in [0.3, 0.4) is 0 Å². The number of benzene rings is 1. The van der Waals surface area contributed by atoms with E-state index < -0.39 is 11.6 Å². The minimum Gasteiger partial charge on any atom is -0.203 e. The van der Waals surface area contributed by atoms with Crippen LogP contribution >= 0.6 is 0 Å². The third-order valence-electron chi connectivity index (χ3n) is 9.69. The van der Waals surface area contributed by atoms with E-state index >= 15 is 0 Å². The zero-order chi connectivity index (χ0) is 23.2. The van der Waals surface area contributed by atoms with E-state index in [0.29, 0.717) is 17.5 Å². The predicted octanol–water partition coefficient (Wildman–Crippen LogP) is 9.77. The lowest BCUT2D eigenvalue weighted by molar-refractivity contribution is 0.147. The van der Waals surface area contributed by atoms with E-state index in [1.54, 1.807) is 0 Å². The van der Waals surface area contributed by atoms with Crippen molar-refractivity contribution in [3.8, 4) is 0 Å². The maximum absolute atomic E-state index is 14.7. The van der Waals surface area contributed by atoms with Gasteiger partial charge in [-0.1, -0.05) is 57.2 Å². The van der Waals surface area contributed by atoms with Gasteiger partial charge in [-0.25, -0.2) is 8.78 Å². The average molecular weight is 457 g/mol. The lowest BCUT2D eigenvalue weighted by atomic mass is 9.68. The summed E-state index contributed by atoms with van der Waals surface area (Å²) in [6.45, 7) is 6.00. The first-order valence-corrected chi connectivity index (χ1v) is 14.2. The van der Waals surface area contributed by atoms with Crippen LogP contribution < -0.4 is 0 Å². The quantitative estimate of drug-likeness (QED) is 0.341. The number of rotatable bonds is 8. The van der Waals surface area contributed by atoms with Gasteiger partial charge in [0, 0.05) is 0 Å². The zero-order valence-electron chi connectivity index (χ0n) is 21.0. The van der Waals surface area contributed by atoms with Gasteiger partial charge in [-0.3, -0.25) is 0 Å². The molecule has 0 aliphatic heterocycles. The van der Waals surface area contributed by atoms with Crippen molar-refractivity contribution in [1.29, 1.82) is 0 Å². The Kier molecular flexibility index (Phi) is 9.05. The van der Waals surface area contributed by atoms with Crippen LogP contribution in [0, 0.1) is 41.2 Å². The Balaban J connectivity index is 1.17. The molecule has 184 valence electrons. The Hall–Kier alpha value is -1.18. The lowest BCUT2D eigenvalue weighted by Crippen LogP contribution is -2.25. The second kappa shape index (κ2) is 12.0. The molecule has 4 rings (SSSR count). The molecule has 3 aliphatic rings. The molecule has 0 atom stereocenters. The van der Waals surface area contributed by atoms with Crippen LogP contribution in [0.5, 0.6) is 0 Å². The molecule has 0 unspecified atom stereocenters. The van der Waals surface area contributed by atoms with E-state index in [1.807, 2.05) is 19.1 Å². The van der Waals surface area contributed by atoms with E-state index in [9.17, 15) is 8.78 Å². The zero-order valence-corrected chi connectivity index (χ0v) is 21.0. The smallest absolute Gasteiger partial charge is 0.162 e.